The summed E-state index contributed by atoms with van der Waals surface area (Å²) in [6.07, 6.45) is 0. The smallest absolute Gasteiger partial charge is 0.131 e. The second-order valence-electron chi connectivity index (χ2n) is 3.58. The van der Waals surface area contributed by atoms with Crippen LogP contribution in [0.4, 0.5) is 4.39 Å². The maximum atomic E-state index is 13.7. The molecule has 2 rings (SSSR count). The van der Waals surface area contributed by atoms with E-state index >= 15 is 0 Å². The summed E-state index contributed by atoms with van der Waals surface area (Å²) in [6.45, 7) is 1.92. The summed E-state index contributed by atoms with van der Waals surface area (Å²) in [6, 6.07) is 10.4. The number of hydrogen-bond donors (Lipinski definition) is 0. The molecule has 0 heterocycles. The molecule has 0 unspecified atom stereocenters. The highest BCUT2D eigenvalue weighted by Crippen LogP contribution is 2.36. The van der Waals surface area contributed by atoms with Crippen molar-refractivity contribution >= 4 is 27.5 Å². The standard InChI is InChI=1S/C13H9BrClF/c1-8-5-6-12(16)9(7-8)13-10(14)3-2-4-11(13)15/h2-7H,1H3. The lowest BCUT2D eigenvalue weighted by Crippen LogP contribution is -1.88. The van der Waals surface area contributed by atoms with Gasteiger partial charge in [0, 0.05) is 20.6 Å². The predicted molar refractivity (Wildman–Crippen MR) is 69.3 cm³/mol. The number of halogens is 3. The van der Waals surface area contributed by atoms with Gasteiger partial charge in [0.2, 0.25) is 0 Å². The quantitative estimate of drug-likeness (QED) is 0.677. The zero-order chi connectivity index (χ0) is 11.7. The number of aryl methyl sites for hydroxylation is 1. The molecule has 3 heteroatoms. The third-order valence-corrected chi connectivity index (χ3v) is 3.33. The fourth-order valence-corrected chi connectivity index (χ4v) is 2.56. The summed E-state index contributed by atoms with van der Waals surface area (Å²) in [4.78, 5) is 0. The largest absolute Gasteiger partial charge is 0.206 e. The van der Waals surface area contributed by atoms with Crippen molar-refractivity contribution in [3.05, 3.63) is 57.3 Å². The van der Waals surface area contributed by atoms with Crippen LogP contribution in [0.25, 0.3) is 11.1 Å². The molecule has 0 aromatic heterocycles. The van der Waals surface area contributed by atoms with Gasteiger partial charge in [-0.15, -0.1) is 0 Å². The summed E-state index contributed by atoms with van der Waals surface area (Å²) in [5.41, 5.74) is 2.23. The van der Waals surface area contributed by atoms with Gasteiger partial charge in [0.1, 0.15) is 5.82 Å². The zero-order valence-corrected chi connectivity index (χ0v) is 10.9. The van der Waals surface area contributed by atoms with E-state index in [1.54, 1.807) is 18.2 Å². The van der Waals surface area contributed by atoms with Crippen LogP contribution in [0, 0.1) is 12.7 Å². The Hall–Kier alpha value is -0.860. The van der Waals surface area contributed by atoms with Crippen LogP contribution in [0.15, 0.2) is 40.9 Å². The fraction of sp³-hybridized carbons (Fsp3) is 0.0769. The van der Waals surface area contributed by atoms with Crippen LogP contribution < -0.4 is 0 Å². The van der Waals surface area contributed by atoms with Crippen LogP contribution in [0.1, 0.15) is 5.56 Å². The van der Waals surface area contributed by atoms with Crippen molar-refractivity contribution in [2.24, 2.45) is 0 Å². The fourth-order valence-electron chi connectivity index (χ4n) is 1.59. The molecule has 0 amide bonds. The van der Waals surface area contributed by atoms with Crippen LogP contribution >= 0.6 is 27.5 Å². The van der Waals surface area contributed by atoms with Gasteiger partial charge >= 0.3 is 0 Å². The Labute approximate surface area is 107 Å². The number of hydrogen-bond acceptors (Lipinski definition) is 0. The van der Waals surface area contributed by atoms with Gasteiger partial charge in [-0.3, -0.25) is 0 Å². The lowest BCUT2D eigenvalue weighted by molar-refractivity contribution is 0.631. The first-order valence-electron chi connectivity index (χ1n) is 4.80. The second kappa shape index (κ2) is 4.56. The van der Waals surface area contributed by atoms with E-state index in [-0.39, 0.29) is 5.82 Å². The molecule has 0 nitrogen and oxygen atoms in total. The summed E-state index contributed by atoms with van der Waals surface area (Å²) in [5, 5.41) is 0.541. The normalized spacial score (nSPS) is 10.5. The molecule has 0 bridgehead atoms. The minimum atomic E-state index is -0.264. The minimum absolute atomic E-state index is 0.264. The second-order valence-corrected chi connectivity index (χ2v) is 4.84. The molecule has 2 aromatic rings. The highest BCUT2D eigenvalue weighted by atomic mass is 79.9. The molecule has 0 fully saturated rings. The first-order valence-corrected chi connectivity index (χ1v) is 5.97. The molecule has 0 saturated heterocycles. The molecule has 82 valence electrons. The van der Waals surface area contributed by atoms with Crippen LogP contribution in [0.5, 0.6) is 0 Å². The highest BCUT2D eigenvalue weighted by Gasteiger charge is 2.12. The summed E-state index contributed by atoms with van der Waals surface area (Å²) in [5.74, 6) is -0.264. The molecule has 0 aliphatic carbocycles. The van der Waals surface area contributed by atoms with Crippen molar-refractivity contribution in [2.75, 3.05) is 0 Å². The van der Waals surface area contributed by atoms with E-state index in [4.69, 9.17) is 11.6 Å². The van der Waals surface area contributed by atoms with Gasteiger partial charge in [0.05, 0.1) is 0 Å². The van der Waals surface area contributed by atoms with Crippen molar-refractivity contribution < 1.29 is 4.39 Å². The van der Waals surface area contributed by atoms with Crippen LogP contribution in [-0.2, 0) is 0 Å². The average molecular weight is 300 g/mol. The predicted octanol–water partition coefficient (Wildman–Crippen LogP) is 5.22. The molecule has 0 radical (unpaired) electrons. The van der Waals surface area contributed by atoms with Crippen LogP contribution in [0.3, 0.4) is 0 Å². The number of rotatable bonds is 1. The molecule has 0 saturated carbocycles. The Morgan fingerprint density at radius 2 is 1.94 bits per heavy atom. The van der Waals surface area contributed by atoms with Gasteiger partial charge in [-0.2, -0.15) is 0 Å². The molecule has 0 aliphatic heterocycles. The van der Waals surface area contributed by atoms with E-state index in [9.17, 15) is 4.39 Å². The van der Waals surface area contributed by atoms with E-state index in [0.29, 0.717) is 16.1 Å². The molecule has 16 heavy (non-hydrogen) atoms. The van der Waals surface area contributed by atoms with Crippen molar-refractivity contribution in [1.29, 1.82) is 0 Å². The molecular weight excluding hydrogens is 290 g/mol. The van der Waals surface area contributed by atoms with E-state index in [1.165, 1.54) is 6.07 Å². The first-order chi connectivity index (χ1) is 7.59. The van der Waals surface area contributed by atoms with Crippen molar-refractivity contribution in [3.8, 4) is 11.1 Å². The third kappa shape index (κ3) is 2.13. The molecular formula is C13H9BrClF. The summed E-state index contributed by atoms with van der Waals surface area (Å²) in [7, 11) is 0. The van der Waals surface area contributed by atoms with Gasteiger partial charge in [0.15, 0.2) is 0 Å². The Balaban J connectivity index is 2.72. The van der Waals surface area contributed by atoms with Gasteiger partial charge in [-0.25, -0.2) is 4.39 Å². The van der Waals surface area contributed by atoms with Gasteiger partial charge in [-0.1, -0.05) is 45.2 Å². The Kier molecular flexibility index (Phi) is 3.31. The van der Waals surface area contributed by atoms with Crippen molar-refractivity contribution in [1.82, 2.24) is 0 Å². The Morgan fingerprint density at radius 1 is 1.19 bits per heavy atom. The van der Waals surface area contributed by atoms with Crippen molar-refractivity contribution in [2.45, 2.75) is 6.92 Å². The molecule has 2 aromatic carbocycles. The van der Waals surface area contributed by atoms with E-state index in [0.717, 1.165) is 10.0 Å². The lowest BCUT2D eigenvalue weighted by Gasteiger charge is -2.09. The van der Waals surface area contributed by atoms with Crippen LogP contribution in [-0.4, -0.2) is 0 Å². The number of benzene rings is 2. The molecule has 0 atom stereocenters. The lowest BCUT2D eigenvalue weighted by atomic mass is 10.0. The summed E-state index contributed by atoms with van der Waals surface area (Å²) >= 11 is 9.48. The molecule has 0 N–H and O–H groups in total. The SMILES string of the molecule is Cc1ccc(F)c(-c2c(Cl)cccc2Br)c1. The van der Waals surface area contributed by atoms with E-state index in [2.05, 4.69) is 15.9 Å². The Morgan fingerprint density at radius 3 is 2.62 bits per heavy atom. The average Bonchev–Trinajstić information content (AvgIpc) is 2.23. The maximum absolute atomic E-state index is 13.7. The third-order valence-electron chi connectivity index (χ3n) is 2.35. The summed E-state index contributed by atoms with van der Waals surface area (Å²) < 4.78 is 14.5. The van der Waals surface area contributed by atoms with Gasteiger partial charge < -0.3 is 0 Å². The molecule has 0 aliphatic rings. The maximum Gasteiger partial charge on any atom is 0.131 e. The van der Waals surface area contributed by atoms with Crippen LogP contribution in [0.2, 0.25) is 5.02 Å². The molecule has 0 spiro atoms. The van der Waals surface area contributed by atoms with E-state index < -0.39 is 0 Å². The monoisotopic (exact) mass is 298 g/mol. The zero-order valence-electron chi connectivity index (χ0n) is 8.60. The Bertz CT molecular complexity index is 517. The first kappa shape index (κ1) is 11.6. The van der Waals surface area contributed by atoms with Gasteiger partial charge in [-0.05, 0) is 31.2 Å². The van der Waals surface area contributed by atoms with E-state index in [1.807, 2.05) is 19.1 Å². The highest BCUT2D eigenvalue weighted by molar-refractivity contribution is 9.10. The van der Waals surface area contributed by atoms with Crippen molar-refractivity contribution in [3.63, 3.8) is 0 Å². The van der Waals surface area contributed by atoms with Gasteiger partial charge in [0.25, 0.3) is 0 Å². The minimum Gasteiger partial charge on any atom is -0.206 e. The topological polar surface area (TPSA) is 0 Å².